The molecular weight excluding hydrogens is 290 g/mol. The van der Waals surface area contributed by atoms with Crippen LogP contribution in [0.1, 0.15) is 10.4 Å². The van der Waals surface area contributed by atoms with Gasteiger partial charge in [-0.25, -0.2) is 4.79 Å². The molecule has 21 heavy (non-hydrogen) atoms. The number of aryl methyl sites for hydroxylation is 1. The molecule has 0 atom stereocenters. The molecule has 1 aliphatic heterocycles. The Morgan fingerprint density at radius 1 is 1.52 bits per heavy atom. The van der Waals surface area contributed by atoms with Crippen LogP contribution in [-0.4, -0.2) is 50.8 Å². The molecular formula is C12H17N7OS. The highest BCUT2D eigenvalue weighted by atomic mass is 32.1. The number of carbonyl (C=O) groups is 1. The monoisotopic (exact) mass is 307 g/mol. The number of rotatable bonds is 4. The van der Waals surface area contributed by atoms with E-state index in [1.807, 2.05) is 11.3 Å². The summed E-state index contributed by atoms with van der Waals surface area (Å²) in [6, 6.07) is 1.88. The van der Waals surface area contributed by atoms with Crippen molar-refractivity contribution in [2.24, 2.45) is 7.05 Å². The number of nitrogens with zero attached hydrogens (tertiary/aromatic N) is 5. The van der Waals surface area contributed by atoms with E-state index in [1.165, 1.54) is 15.2 Å². The fourth-order valence-electron chi connectivity index (χ4n) is 2.31. The molecule has 0 aliphatic carbocycles. The van der Waals surface area contributed by atoms with Gasteiger partial charge in [-0.05, 0) is 28.6 Å². The van der Waals surface area contributed by atoms with Crippen molar-refractivity contribution in [1.82, 2.24) is 30.4 Å². The van der Waals surface area contributed by atoms with Crippen LogP contribution in [-0.2, 0) is 20.0 Å². The number of fused-ring (bicyclic) bond motifs is 1. The van der Waals surface area contributed by atoms with Gasteiger partial charge in [0.15, 0.2) is 0 Å². The van der Waals surface area contributed by atoms with Crippen molar-refractivity contribution in [3.8, 4) is 0 Å². The number of thiophene rings is 1. The number of hydrogen-bond donors (Lipinski definition) is 2. The summed E-state index contributed by atoms with van der Waals surface area (Å²) >= 11 is 1.83. The van der Waals surface area contributed by atoms with Crippen LogP contribution >= 0.6 is 11.3 Å². The molecule has 0 fully saturated rings. The zero-order valence-corrected chi connectivity index (χ0v) is 12.6. The first-order valence-electron chi connectivity index (χ1n) is 6.77. The Hall–Kier alpha value is -2.00. The van der Waals surface area contributed by atoms with E-state index in [0.29, 0.717) is 6.54 Å². The van der Waals surface area contributed by atoms with Gasteiger partial charge in [0.2, 0.25) is 0 Å². The zero-order chi connectivity index (χ0) is 14.7. The molecule has 8 nitrogen and oxygen atoms in total. The lowest BCUT2D eigenvalue weighted by Gasteiger charge is -2.26. The Morgan fingerprint density at radius 3 is 3.24 bits per heavy atom. The van der Waals surface area contributed by atoms with Crippen LogP contribution in [0.15, 0.2) is 11.4 Å². The van der Waals surface area contributed by atoms with Crippen molar-refractivity contribution >= 4 is 23.3 Å². The third-order valence-electron chi connectivity index (χ3n) is 3.33. The molecule has 9 heteroatoms. The van der Waals surface area contributed by atoms with Gasteiger partial charge in [-0.1, -0.05) is 5.10 Å². The number of urea groups is 1. The Morgan fingerprint density at radius 2 is 2.43 bits per heavy atom. The van der Waals surface area contributed by atoms with Gasteiger partial charge in [0.25, 0.3) is 5.95 Å². The maximum Gasteiger partial charge on any atom is 0.321 e. The molecule has 2 aromatic heterocycles. The summed E-state index contributed by atoms with van der Waals surface area (Å²) in [6.07, 6.45) is 1.10. The quantitative estimate of drug-likeness (QED) is 0.856. The first-order chi connectivity index (χ1) is 10.2. The molecule has 112 valence electrons. The highest BCUT2D eigenvalue weighted by Crippen LogP contribution is 2.23. The standard InChI is InChI=1S/C12H17N7OS/c1-18-16-11(15-17-18)14-12(20)13-4-6-19-5-2-10-9(8-19)3-7-21-10/h3,7H,2,4-6,8H2,1H3,(H2,13,14,16,20). The number of nitrogens with one attached hydrogen (secondary N) is 2. The van der Waals surface area contributed by atoms with Crippen LogP contribution in [0.25, 0.3) is 0 Å². The van der Waals surface area contributed by atoms with Crippen molar-refractivity contribution in [3.63, 3.8) is 0 Å². The lowest BCUT2D eigenvalue weighted by Crippen LogP contribution is -2.39. The number of hydrogen-bond acceptors (Lipinski definition) is 6. The minimum atomic E-state index is -0.309. The second-order valence-electron chi connectivity index (χ2n) is 4.88. The molecule has 0 spiro atoms. The largest absolute Gasteiger partial charge is 0.337 e. The van der Waals surface area contributed by atoms with Crippen LogP contribution in [0.2, 0.25) is 0 Å². The smallest absolute Gasteiger partial charge is 0.321 e. The molecule has 2 aromatic rings. The summed E-state index contributed by atoms with van der Waals surface area (Å²) in [4.78, 5) is 16.8. The van der Waals surface area contributed by atoms with E-state index >= 15 is 0 Å². The van der Waals surface area contributed by atoms with Crippen molar-refractivity contribution in [2.75, 3.05) is 25.0 Å². The lowest BCUT2D eigenvalue weighted by molar-refractivity contribution is 0.239. The van der Waals surface area contributed by atoms with Gasteiger partial charge < -0.3 is 5.32 Å². The normalized spacial score (nSPS) is 14.7. The summed E-state index contributed by atoms with van der Waals surface area (Å²) in [7, 11) is 1.64. The van der Waals surface area contributed by atoms with E-state index in [-0.39, 0.29) is 12.0 Å². The number of aromatic nitrogens is 4. The second-order valence-corrected chi connectivity index (χ2v) is 5.88. The highest BCUT2D eigenvalue weighted by molar-refractivity contribution is 7.10. The van der Waals surface area contributed by atoms with Crippen LogP contribution in [0.3, 0.4) is 0 Å². The Balaban J connectivity index is 1.39. The zero-order valence-electron chi connectivity index (χ0n) is 11.7. The molecule has 3 heterocycles. The van der Waals surface area contributed by atoms with Crippen LogP contribution in [0.4, 0.5) is 10.7 Å². The topological polar surface area (TPSA) is 88.0 Å². The van der Waals surface area contributed by atoms with Crippen molar-refractivity contribution < 1.29 is 4.79 Å². The van der Waals surface area contributed by atoms with Crippen LogP contribution in [0, 0.1) is 0 Å². The number of anilines is 1. The predicted octanol–water partition coefficient (Wildman–Crippen LogP) is 0.451. The van der Waals surface area contributed by atoms with Gasteiger partial charge in [0, 0.05) is 31.1 Å². The van der Waals surface area contributed by atoms with E-state index in [1.54, 1.807) is 7.05 Å². The SMILES string of the molecule is Cn1nnc(NC(=O)NCCN2CCc3sccc3C2)n1. The Labute approximate surface area is 126 Å². The number of amides is 2. The average molecular weight is 307 g/mol. The maximum atomic E-state index is 11.7. The first-order valence-corrected chi connectivity index (χ1v) is 7.65. The van der Waals surface area contributed by atoms with Gasteiger partial charge in [-0.15, -0.1) is 16.4 Å². The van der Waals surface area contributed by atoms with Gasteiger partial charge in [-0.2, -0.15) is 4.80 Å². The summed E-state index contributed by atoms with van der Waals surface area (Å²) < 4.78 is 0. The second kappa shape index (κ2) is 6.19. The van der Waals surface area contributed by atoms with E-state index in [2.05, 4.69) is 42.4 Å². The molecule has 2 amide bonds. The number of carbonyl (C=O) groups excluding carboxylic acids is 1. The lowest BCUT2D eigenvalue weighted by atomic mass is 10.1. The third kappa shape index (κ3) is 3.56. The van der Waals surface area contributed by atoms with Gasteiger partial charge in [0.05, 0.1) is 7.05 Å². The Kier molecular flexibility index (Phi) is 4.11. The van der Waals surface area contributed by atoms with Crippen LogP contribution in [0.5, 0.6) is 0 Å². The van der Waals surface area contributed by atoms with E-state index in [4.69, 9.17) is 0 Å². The van der Waals surface area contributed by atoms with Crippen LogP contribution < -0.4 is 10.6 Å². The predicted molar refractivity (Wildman–Crippen MR) is 79.1 cm³/mol. The van der Waals surface area contributed by atoms with E-state index in [9.17, 15) is 4.79 Å². The molecule has 0 unspecified atom stereocenters. The minimum absolute atomic E-state index is 0.205. The maximum absolute atomic E-state index is 11.7. The molecule has 3 rings (SSSR count). The molecule has 1 aliphatic rings. The van der Waals surface area contributed by atoms with Crippen molar-refractivity contribution in [2.45, 2.75) is 13.0 Å². The molecule has 0 aromatic carbocycles. The van der Waals surface area contributed by atoms with Crippen molar-refractivity contribution in [3.05, 3.63) is 21.9 Å². The third-order valence-corrected chi connectivity index (χ3v) is 4.36. The molecule has 2 N–H and O–H groups in total. The van der Waals surface area contributed by atoms with E-state index in [0.717, 1.165) is 26.1 Å². The van der Waals surface area contributed by atoms with Gasteiger partial charge >= 0.3 is 6.03 Å². The summed E-state index contributed by atoms with van der Waals surface area (Å²) in [6.45, 7) is 3.43. The number of tetrazole rings is 1. The molecule has 0 saturated heterocycles. The highest BCUT2D eigenvalue weighted by Gasteiger charge is 2.16. The van der Waals surface area contributed by atoms with Crippen molar-refractivity contribution in [1.29, 1.82) is 0 Å². The first kappa shape index (κ1) is 14.0. The summed E-state index contributed by atoms with van der Waals surface area (Å²) in [5.74, 6) is 0.205. The van der Waals surface area contributed by atoms with Gasteiger partial charge in [0.1, 0.15) is 0 Å². The fraction of sp³-hybridized carbons (Fsp3) is 0.500. The average Bonchev–Trinajstić information content (AvgIpc) is 3.07. The van der Waals surface area contributed by atoms with Gasteiger partial charge in [-0.3, -0.25) is 10.2 Å². The minimum Gasteiger partial charge on any atom is -0.337 e. The fourth-order valence-corrected chi connectivity index (χ4v) is 3.19. The molecule has 0 radical (unpaired) electrons. The summed E-state index contributed by atoms with van der Waals surface area (Å²) in [5, 5.41) is 18.7. The van der Waals surface area contributed by atoms with E-state index < -0.39 is 0 Å². The molecule has 0 saturated carbocycles. The Bertz CT molecular complexity index is 623. The molecule has 0 bridgehead atoms. The summed E-state index contributed by atoms with van der Waals surface area (Å²) in [5.41, 5.74) is 1.42.